The van der Waals surface area contributed by atoms with E-state index in [4.69, 9.17) is 0 Å². The molecule has 0 unspecified atom stereocenters. The predicted octanol–water partition coefficient (Wildman–Crippen LogP) is 2.88. The zero-order valence-electron chi connectivity index (χ0n) is 16.7. The van der Waals surface area contributed by atoms with Gasteiger partial charge in [0.2, 0.25) is 0 Å². The zero-order chi connectivity index (χ0) is 17.8. The summed E-state index contributed by atoms with van der Waals surface area (Å²) in [4.78, 5) is 19.6. The zero-order valence-corrected chi connectivity index (χ0v) is 18.3. The Labute approximate surface area is 176 Å². The molecule has 7 heteroatoms. The summed E-state index contributed by atoms with van der Waals surface area (Å²) in [6, 6.07) is 9.38. The van der Waals surface area contributed by atoms with E-state index in [0.717, 1.165) is 57.7 Å². The summed E-state index contributed by atoms with van der Waals surface area (Å²) in [6.45, 7) is 10.6. The third-order valence-electron chi connectivity index (χ3n) is 5.71. The van der Waals surface area contributed by atoms with Crippen LogP contribution >= 0.6 is 24.8 Å². The summed E-state index contributed by atoms with van der Waals surface area (Å²) < 4.78 is 0. The van der Waals surface area contributed by atoms with E-state index in [0.29, 0.717) is 12.1 Å². The van der Waals surface area contributed by atoms with Gasteiger partial charge in [-0.05, 0) is 58.0 Å². The van der Waals surface area contributed by atoms with E-state index in [-0.39, 0.29) is 30.7 Å². The van der Waals surface area contributed by atoms with Crippen molar-refractivity contribution in [1.29, 1.82) is 0 Å². The second-order valence-corrected chi connectivity index (χ2v) is 7.52. The van der Waals surface area contributed by atoms with E-state index in [1.54, 1.807) is 0 Å². The standard InChI is InChI=1S/C20H32N4O.2ClH/c1-16(2)22-12-14-23(15-13-22)19-6-4-17(5-7-19)20(25)24-10-8-18(21-3)9-11-24;;/h4-7,16,18,21H,8-15H2,1-3H3;2*1H. The van der Waals surface area contributed by atoms with Crippen LogP contribution in [0, 0.1) is 0 Å². The van der Waals surface area contributed by atoms with Crippen molar-refractivity contribution < 1.29 is 4.79 Å². The van der Waals surface area contributed by atoms with Crippen molar-refractivity contribution in [2.45, 2.75) is 38.8 Å². The molecule has 2 fully saturated rings. The number of halogens is 2. The van der Waals surface area contributed by atoms with Gasteiger partial charge in [-0.15, -0.1) is 24.8 Å². The minimum atomic E-state index is 0. The summed E-state index contributed by atoms with van der Waals surface area (Å²) >= 11 is 0. The van der Waals surface area contributed by atoms with Gasteiger partial charge in [-0.1, -0.05) is 0 Å². The third kappa shape index (κ3) is 5.98. The van der Waals surface area contributed by atoms with Crippen LogP contribution < -0.4 is 10.2 Å². The molecule has 1 N–H and O–H groups in total. The van der Waals surface area contributed by atoms with Crippen LogP contribution in [0.15, 0.2) is 24.3 Å². The van der Waals surface area contributed by atoms with Crippen molar-refractivity contribution in [1.82, 2.24) is 15.1 Å². The molecule has 2 saturated heterocycles. The minimum Gasteiger partial charge on any atom is -0.369 e. The van der Waals surface area contributed by atoms with Gasteiger partial charge < -0.3 is 15.1 Å². The van der Waals surface area contributed by atoms with Crippen LogP contribution in [-0.2, 0) is 0 Å². The number of carbonyl (C=O) groups is 1. The monoisotopic (exact) mass is 416 g/mol. The van der Waals surface area contributed by atoms with Gasteiger partial charge in [0.1, 0.15) is 0 Å². The molecule has 5 nitrogen and oxygen atoms in total. The van der Waals surface area contributed by atoms with Crippen molar-refractivity contribution in [2.24, 2.45) is 0 Å². The number of hydrogen-bond acceptors (Lipinski definition) is 4. The first-order chi connectivity index (χ1) is 12.1. The van der Waals surface area contributed by atoms with Crippen molar-refractivity contribution in [2.75, 3.05) is 51.2 Å². The lowest BCUT2D eigenvalue weighted by Crippen LogP contribution is -2.48. The molecule has 0 atom stereocenters. The van der Waals surface area contributed by atoms with Crippen LogP contribution in [0.2, 0.25) is 0 Å². The van der Waals surface area contributed by atoms with Gasteiger partial charge >= 0.3 is 0 Å². The van der Waals surface area contributed by atoms with Gasteiger partial charge in [0.15, 0.2) is 0 Å². The number of anilines is 1. The minimum absolute atomic E-state index is 0. The maximum Gasteiger partial charge on any atom is 0.253 e. The number of piperidine rings is 1. The summed E-state index contributed by atoms with van der Waals surface area (Å²) in [5.74, 6) is 0.172. The van der Waals surface area contributed by atoms with Crippen molar-refractivity contribution in [3.05, 3.63) is 29.8 Å². The highest BCUT2D eigenvalue weighted by molar-refractivity contribution is 5.94. The lowest BCUT2D eigenvalue weighted by molar-refractivity contribution is 0.0707. The molecular weight excluding hydrogens is 383 g/mol. The highest BCUT2D eigenvalue weighted by Crippen LogP contribution is 2.20. The molecule has 0 spiro atoms. The van der Waals surface area contributed by atoms with Crippen molar-refractivity contribution >= 4 is 36.4 Å². The molecule has 0 bridgehead atoms. The predicted molar refractivity (Wildman–Crippen MR) is 118 cm³/mol. The first kappa shape index (κ1) is 24.0. The fraction of sp³-hybridized carbons (Fsp3) is 0.650. The van der Waals surface area contributed by atoms with Gasteiger partial charge in [-0.2, -0.15) is 0 Å². The Morgan fingerprint density at radius 3 is 2.00 bits per heavy atom. The highest BCUT2D eigenvalue weighted by atomic mass is 35.5. The van der Waals surface area contributed by atoms with Gasteiger partial charge in [-0.25, -0.2) is 0 Å². The lowest BCUT2D eigenvalue weighted by Gasteiger charge is -2.38. The third-order valence-corrected chi connectivity index (χ3v) is 5.71. The molecule has 2 aliphatic heterocycles. The second-order valence-electron chi connectivity index (χ2n) is 7.52. The van der Waals surface area contributed by atoms with Crippen LogP contribution in [0.5, 0.6) is 0 Å². The fourth-order valence-electron chi connectivity index (χ4n) is 3.87. The summed E-state index contributed by atoms with van der Waals surface area (Å²) in [6.07, 6.45) is 2.08. The van der Waals surface area contributed by atoms with Gasteiger partial charge in [0.05, 0.1) is 0 Å². The van der Waals surface area contributed by atoms with Crippen molar-refractivity contribution in [3.8, 4) is 0 Å². The topological polar surface area (TPSA) is 38.8 Å². The highest BCUT2D eigenvalue weighted by Gasteiger charge is 2.23. The van der Waals surface area contributed by atoms with Gasteiger partial charge in [0, 0.05) is 62.6 Å². The number of nitrogens with zero attached hydrogens (tertiary/aromatic N) is 3. The molecule has 0 aliphatic carbocycles. The first-order valence-electron chi connectivity index (χ1n) is 9.64. The Morgan fingerprint density at radius 2 is 1.52 bits per heavy atom. The molecule has 0 radical (unpaired) electrons. The quantitative estimate of drug-likeness (QED) is 0.818. The second kappa shape index (κ2) is 11.1. The van der Waals surface area contributed by atoms with Crippen LogP contribution in [0.3, 0.4) is 0 Å². The summed E-state index contributed by atoms with van der Waals surface area (Å²) in [5, 5.41) is 3.31. The van der Waals surface area contributed by atoms with Crippen molar-refractivity contribution in [3.63, 3.8) is 0 Å². The maximum absolute atomic E-state index is 12.7. The number of piperazine rings is 1. The SMILES string of the molecule is CNC1CCN(C(=O)c2ccc(N3CCN(C(C)C)CC3)cc2)CC1.Cl.Cl. The van der Waals surface area contributed by atoms with Crippen LogP contribution in [-0.4, -0.2) is 74.1 Å². The molecule has 0 saturated carbocycles. The Morgan fingerprint density at radius 1 is 0.963 bits per heavy atom. The molecule has 1 aromatic carbocycles. The number of benzene rings is 1. The molecule has 1 amide bonds. The Kier molecular flexibility index (Phi) is 9.88. The van der Waals surface area contributed by atoms with Crippen LogP contribution in [0.25, 0.3) is 0 Å². The average Bonchev–Trinajstić information content (AvgIpc) is 2.67. The maximum atomic E-state index is 12.7. The fourth-order valence-corrected chi connectivity index (χ4v) is 3.87. The Bertz CT molecular complexity index is 566. The number of likely N-dealkylation sites (tertiary alicyclic amines) is 1. The van der Waals surface area contributed by atoms with Crippen LogP contribution in [0.1, 0.15) is 37.0 Å². The lowest BCUT2D eigenvalue weighted by atomic mass is 10.0. The van der Waals surface area contributed by atoms with E-state index in [2.05, 4.69) is 41.1 Å². The summed E-state index contributed by atoms with van der Waals surface area (Å²) in [5.41, 5.74) is 2.04. The molecular formula is C20H34Cl2N4O. The molecule has 2 heterocycles. The van der Waals surface area contributed by atoms with Gasteiger partial charge in [0.25, 0.3) is 5.91 Å². The molecule has 154 valence electrons. The number of hydrogen-bond donors (Lipinski definition) is 1. The molecule has 0 aromatic heterocycles. The molecule has 2 aliphatic rings. The largest absolute Gasteiger partial charge is 0.369 e. The van der Waals surface area contributed by atoms with E-state index >= 15 is 0 Å². The molecule has 3 rings (SSSR count). The number of nitrogens with one attached hydrogen (secondary N) is 1. The Hall–Kier alpha value is -1.01. The molecule has 1 aromatic rings. The van der Waals surface area contributed by atoms with E-state index in [9.17, 15) is 4.79 Å². The number of amides is 1. The average molecular weight is 417 g/mol. The Balaban J connectivity index is 0.00000182. The molecule has 27 heavy (non-hydrogen) atoms. The number of rotatable bonds is 4. The summed E-state index contributed by atoms with van der Waals surface area (Å²) in [7, 11) is 2.00. The van der Waals surface area contributed by atoms with Gasteiger partial charge in [-0.3, -0.25) is 9.69 Å². The van der Waals surface area contributed by atoms with Crippen LogP contribution in [0.4, 0.5) is 5.69 Å². The first-order valence-corrected chi connectivity index (χ1v) is 9.64. The van der Waals surface area contributed by atoms with E-state index < -0.39 is 0 Å². The van der Waals surface area contributed by atoms with E-state index in [1.807, 2.05) is 24.1 Å². The normalized spacial score (nSPS) is 18.8. The number of carbonyl (C=O) groups excluding carboxylic acids is 1. The van der Waals surface area contributed by atoms with E-state index in [1.165, 1.54) is 5.69 Å². The smallest absolute Gasteiger partial charge is 0.253 e.